The van der Waals surface area contributed by atoms with Crippen molar-refractivity contribution >= 4 is 5.91 Å². The Hall–Kier alpha value is -1.49. The van der Waals surface area contributed by atoms with Crippen molar-refractivity contribution in [2.45, 2.75) is 13.5 Å². The molecular formula is C7H9N3O2. The van der Waals surface area contributed by atoms with Crippen LogP contribution in [0.3, 0.4) is 0 Å². The lowest BCUT2D eigenvalue weighted by atomic mass is 10.6. The number of nitrogens with zero attached hydrogens (tertiary/aromatic N) is 2. The average molecular weight is 167 g/mol. The van der Waals surface area contributed by atoms with E-state index >= 15 is 0 Å². The van der Waals surface area contributed by atoms with Crippen LogP contribution in [-0.2, 0) is 16.2 Å². The number of carbonyl (C=O) groups excluding carboxylic acids is 1. The van der Waals surface area contributed by atoms with Crippen LogP contribution in [-0.4, -0.2) is 15.9 Å². The van der Waals surface area contributed by atoms with E-state index in [2.05, 4.69) is 15.4 Å². The molecule has 1 amide bonds. The van der Waals surface area contributed by atoms with Crippen molar-refractivity contribution in [1.82, 2.24) is 15.4 Å². The monoisotopic (exact) mass is 167 g/mol. The molecule has 1 rings (SSSR count). The van der Waals surface area contributed by atoms with Crippen molar-refractivity contribution in [3.63, 3.8) is 0 Å². The third-order valence-electron chi connectivity index (χ3n) is 1.04. The molecule has 1 aromatic heterocycles. The predicted octanol–water partition coefficient (Wildman–Crippen LogP) is 0.0443. The van der Waals surface area contributed by atoms with E-state index in [1.54, 1.807) is 18.5 Å². The van der Waals surface area contributed by atoms with E-state index in [0.717, 1.165) is 0 Å². The Bertz CT molecular complexity index is 250. The number of aromatic nitrogens is 2. The summed E-state index contributed by atoms with van der Waals surface area (Å²) in [6.45, 7) is 1.55. The van der Waals surface area contributed by atoms with Gasteiger partial charge in [-0.25, -0.2) is 15.4 Å². The van der Waals surface area contributed by atoms with Crippen LogP contribution in [0.15, 0.2) is 18.5 Å². The van der Waals surface area contributed by atoms with Gasteiger partial charge in [0, 0.05) is 19.3 Å². The molecule has 0 aliphatic carbocycles. The first-order valence-electron chi connectivity index (χ1n) is 3.43. The molecular weight excluding hydrogens is 158 g/mol. The quantitative estimate of drug-likeness (QED) is 0.646. The fourth-order valence-electron chi connectivity index (χ4n) is 0.607. The van der Waals surface area contributed by atoms with Gasteiger partial charge < -0.3 is 0 Å². The maximum atomic E-state index is 10.4. The van der Waals surface area contributed by atoms with Gasteiger partial charge in [0.25, 0.3) is 0 Å². The topological polar surface area (TPSA) is 64.1 Å². The molecule has 0 aromatic carbocycles. The van der Waals surface area contributed by atoms with Crippen molar-refractivity contribution < 1.29 is 9.63 Å². The Balaban J connectivity index is 2.29. The zero-order valence-electron chi connectivity index (χ0n) is 6.65. The SMILES string of the molecule is CC(=O)NOCc1ncccn1. The third kappa shape index (κ3) is 3.07. The molecule has 1 N–H and O–H groups in total. The molecule has 5 nitrogen and oxygen atoms in total. The standard InChI is InChI=1S/C7H9N3O2/c1-6(11)10-12-5-7-8-3-2-4-9-7/h2-4H,5H2,1H3,(H,10,11). The van der Waals surface area contributed by atoms with Crippen molar-refractivity contribution in [1.29, 1.82) is 0 Å². The zero-order valence-corrected chi connectivity index (χ0v) is 6.65. The zero-order chi connectivity index (χ0) is 8.81. The summed E-state index contributed by atoms with van der Waals surface area (Å²) >= 11 is 0. The lowest BCUT2D eigenvalue weighted by Crippen LogP contribution is -2.20. The largest absolute Gasteiger partial charge is 0.273 e. The third-order valence-corrected chi connectivity index (χ3v) is 1.04. The number of hydroxylamine groups is 1. The van der Waals surface area contributed by atoms with Crippen molar-refractivity contribution in [3.05, 3.63) is 24.3 Å². The fraction of sp³-hybridized carbons (Fsp3) is 0.286. The minimum Gasteiger partial charge on any atom is -0.273 e. The molecule has 0 aliphatic heterocycles. The van der Waals surface area contributed by atoms with Crippen LogP contribution >= 0.6 is 0 Å². The first-order valence-corrected chi connectivity index (χ1v) is 3.43. The van der Waals surface area contributed by atoms with Crippen LogP contribution in [0.1, 0.15) is 12.7 Å². The lowest BCUT2D eigenvalue weighted by Gasteiger charge is -2.00. The maximum absolute atomic E-state index is 10.4. The van der Waals surface area contributed by atoms with Gasteiger partial charge in [0.2, 0.25) is 5.91 Å². The minimum absolute atomic E-state index is 0.181. The molecule has 0 bridgehead atoms. The van der Waals surface area contributed by atoms with Gasteiger partial charge in [-0.2, -0.15) is 0 Å². The number of nitrogens with one attached hydrogen (secondary N) is 1. The van der Waals surface area contributed by atoms with Crippen LogP contribution in [0, 0.1) is 0 Å². The molecule has 0 atom stereocenters. The second-order valence-corrected chi connectivity index (χ2v) is 2.11. The molecule has 1 aromatic rings. The molecule has 64 valence electrons. The highest BCUT2D eigenvalue weighted by Gasteiger charge is 1.94. The van der Waals surface area contributed by atoms with E-state index in [4.69, 9.17) is 4.84 Å². The first kappa shape index (κ1) is 8.61. The highest BCUT2D eigenvalue weighted by Crippen LogP contribution is 1.88. The molecule has 5 heteroatoms. The summed E-state index contributed by atoms with van der Waals surface area (Å²) in [6.07, 6.45) is 3.22. The van der Waals surface area contributed by atoms with E-state index in [1.165, 1.54) is 6.92 Å². The van der Waals surface area contributed by atoms with Gasteiger partial charge in [-0.15, -0.1) is 0 Å². The Labute approximate surface area is 69.7 Å². The molecule has 0 unspecified atom stereocenters. The normalized spacial score (nSPS) is 9.42. The Morgan fingerprint density at radius 2 is 2.25 bits per heavy atom. The van der Waals surface area contributed by atoms with Crippen LogP contribution < -0.4 is 5.48 Å². The van der Waals surface area contributed by atoms with Gasteiger partial charge in [-0.3, -0.25) is 9.63 Å². The average Bonchev–Trinajstić information content (AvgIpc) is 2.05. The van der Waals surface area contributed by atoms with E-state index < -0.39 is 0 Å². The van der Waals surface area contributed by atoms with Gasteiger partial charge in [0.1, 0.15) is 6.61 Å². The molecule has 0 aliphatic rings. The summed E-state index contributed by atoms with van der Waals surface area (Å²) < 4.78 is 0. The van der Waals surface area contributed by atoms with Gasteiger partial charge in [-0.1, -0.05) is 0 Å². The van der Waals surface area contributed by atoms with Gasteiger partial charge in [0.05, 0.1) is 0 Å². The van der Waals surface area contributed by atoms with E-state index in [0.29, 0.717) is 5.82 Å². The second kappa shape index (κ2) is 4.40. The van der Waals surface area contributed by atoms with E-state index in [9.17, 15) is 4.79 Å². The van der Waals surface area contributed by atoms with E-state index in [1.807, 2.05) is 0 Å². The summed E-state index contributed by atoms with van der Waals surface area (Å²) in [5.74, 6) is 0.289. The number of hydrogen-bond donors (Lipinski definition) is 1. The summed E-state index contributed by atoms with van der Waals surface area (Å²) in [5, 5.41) is 0. The second-order valence-electron chi connectivity index (χ2n) is 2.11. The Morgan fingerprint density at radius 1 is 1.58 bits per heavy atom. The smallest absolute Gasteiger partial charge is 0.240 e. The summed E-state index contributed by atoms with van der Waals surface area (Å²) in [7, 11) is 0. The maximum Gasteiger partial charge on any atom is 0.240 e. The van der Waals surface area contributed by atoms with Gasteiger partial charge >= 0.3 is 0 Å². The Morgan fingerprint density at radius 3 is 2.83 bits per heavy atom. The molecule has 12 heavy (non-hydrogen) atoms. The fourth-order valence-corrected chi connectivity index (χ4v) is 0.607. The predicted molar refractivity (Wildman–Crippen MR) is 40.6 cm³/mol. The molecule has 1 heterocycles. The van der Waals surface area contributed by atoms with Crippen LogP contribution in [0.5, 0.6) is 0 Å². The minimum atomic E-state index is -0.245. The van der Waals surface area contributed by atoms with Crippen molar-refractivity contribution in [2.24, 2.45) is 0 Å². The highest BCUT2D eigenvalue weighted by molar-refractivity contribution is 5.71. The lowest BCUT2D eigenvalue weighted by molar-refractivity contribution is -0.132. The van der Waals surface area contributed by atoms with Crippen molar-refractivity contribution in [3.8, 4) is 0 Å². The first-order chi connectivity index (χ1) is 5.79. The van der Waals surface area contributed by atoms with Crippen molar-refractivity contribution in [2.75, 3.05) is 0 Å². The van der Waals surface area contributed by atoms with Gasteiger partial charge in [0.15, 0.2) is 5.82 Å². The summed E-state index contributed by atoms with van der Waals surface area (Å²) in [6, 6.07) is 1.71. The molecule has 0 fully saturated rings. The molecule has 0 spiro atoms. The van der Waals surface area contributed by atoms with Crippen LogP contribution in [0.25, 0.3) is 0 Å². The summed E-state index contributed by atoms with van der Waals surface area (Å²) in [4.78, 5) is 22.9. The number of carbonyl (C=O) groups is 1. The van der Waals surface area contributed by atoms with Crippen LogP contribution in [0.4, 0.5) is 0 Å². The number of hydrogen-bond acceptors (Lipinski definition) is 4. The van der Waals surface area contributed by atoms with Gasteiger partial charge in [-0.05, 0) is 6.07 Å². The number of rotatable bonds is 3. The molecule has 0 radical (unpaired) electrons. The number of amides is 1. The van der Waals surface area contributed by atoms with Crippen LogP contribution in [0.2, 0.25) is 0 Å². The summed E-state index contributed by atoms with van der Waals surface area (Å²) in [5.41, 5.74) is 2.18. The van der Waals surface area contributed by atoms with E-state index in [-0.39, 0.29) is 12.5 Å². The highest BCUT2D eigenvalue weighted by atomic mass is 16.6. The Kier molecular flexibility index (Phi) is 3.16. The molecule has 0 saturated carbocycles. The molecule has 0 saturated heterocycles.